The van der Waals surface area contributed by atoms with E-state index in [-0.39, 0.29) is 18.2 Å². The van der Waals surface area contributed by atoms with Crippen LogP contribution < -0.4 is 4.74 Å². The topological polar surface area (TPSA) is 86.5 Å². The predicted molar refractivity (Wildman–Crippen MR) is 109 cm³/mol. The Labute approximate surface area is 176 Å². The van der Waals surface area contributed by atoms with Crippen molar-refractivity contribution in [2.75, 3.05) is 26.8 Å². The van der Waals surface area contributed by atoms with Crippen LogP contribution in [0.2, 0.25) is 5.02 Å². The molecular weight excluding hydrogens is 416 g/mol. The maximum absolute atomic E-state index is 12.1. The number of rotatable bonds is 8. The first-order valence-corrected chi connectivity index (χ1v) is 9.92. The quantitative estimate of drug-likeness (QED) is 0.507. The number of hydrogen-bond donors (Lipinski definition) is 0. The molecule has 0 unspecified atom stereocenters. The molecule has 2 aromatic heterocycles. The molecule has 3 aromatic rings. The van der Waals surface area contributed by atoms with Crippen molar-refractivity contribution in [1.29, 1.82) is 0 Å². The van der Waals surface area contributed by atoms with E-state index in [4.69, 9.17) is 21.1 Å². The number of aryl methyl sites for hydroxylation is 1. The second-order valence-corrected chi connectivity index (χ2v) is 7.43. The minimum Gasteiger partial charge on any atom is -0.492 e. The van der Waals surface area contributed by atoms with Gasteiger partial charge in [0.2, 0.25) is 0 Å². The van der Waals surface area contributed by atoms with Crippen LogP contribution in [0.4, 0.5) is 0 Å². The minimum absolute atomic E-state index is 0.162. The summed E-state index contributed by atoms with van der Waals surface area (Å²) in [6.07, 6.45) is 3.47. The zero-order valence-electron chi connectivity index (χ0n) is 15.9. The van der Waals surface area contributed by atoms with Gasteiger partial charge in [0.25, 0.3) is 5.91 Å². The van der Waals surface area contributed by atoms with Crippen molar-refractivity contribution in [1.82, 2.24) is 19.7 Å². The van der Waals surface area contributed by atoms with Crippen LogP contribution in [0.15, 0.2) is 42.0 Å². The van der Waals surface area contributed by atoms with Gasteiger partial charge in [0.05, 0.1) is 12.7 Å². The molecule has 3 rings (SSSR count). The fourth-order valence-corrected chi connectivity index (χ4v) is 3.19. The molecule has 29 heavy (non-hydrogen) atoms. The van der Waals surface area contributed by atoms with E-state index in [9.17, 15) is 9.59 Å². The van der Waals surface area contributed by atoms with Gasteiger partial charge in [-0.15, -0.1) is 11.3 Å². The summed E-state index contributed by atoms with van der Waals surface area (Å²) >= 11 is 7.13. The van der Waals surface area contributed by atoms with Crippen molar-refractivity contribution in [3.05, 3.63) is 52.8 Å². The lowest BCUT2D eigenvalue weighted by atomic mass is 10.3. The van der Waals surface area contributed by atoms with E-state index < -0.39 is 5.97 Å². The standard InChI is InChI=1S/C19H19ClN4O4S/c1-23(7-8-27-15-5-3-14(20)4-6-15)17(25)11-28-19(26)16-12-29-18(22-16)13-9-21-24(2)10-13/h3-6,9-10,12H,7-8,11H2,1-2H3. The van der Waals surface area contributed by atoms with Crippen LogP contribution in [0, 0.1) is 0 Å². The molecule has 152 valence electrons. The van der Waals surface area contributed by atoms with Crippen molar-refractivity contribution in [3.63, 3.8) is 0 Å². The second-order valence-electron chi connectivity index (χ2n) is 6.13. The van der Waals surface area contributed by atoms with Gasteiger partial charge in [0.15, 0.2) is 12.3 Å². The van der Waals surface area contributed by atoms with Gasteiger partial charge in [0.1, 0.15) is 17.4 Å². The molecule has 0 spiro atoms. The van der Waals surface area contributed by atoms with Crippen LogP contribution in [-0.2, 0) is 16.6 Å². The summed E-state index contributed by atoms with van der Waals surface area (Å²) in [5.41, 5.74) is 0.975. The summed E-state index contributed by atoms with van der Waals surface area (Å²) in [6.45, 7) is 0.287. The number of halogens is 1. The molecule has 2 heterocycles. The third-order valence-electron chi connectivity index (χ3n) is 3.93. The summed E-state index contributed by atoms with van der Waals surface area (Å²) in [7, 11) is 3.42. The number of likely N-dealkylation sites (N-methyl/N-ethyl adjacent to an activating group) is 1. The average molecular weight is 435 g/mol. The lowest BCUT2D eigenvalue weighted by Crippen LogP contribution is -2.34. The van der Waals surface area contributed by atoms with Crippen LogP contribution in [-0.4, -0.2) is 58.3 Å². The Morgan fingerprint density at radius 3 is 2.72 bits per heavy atom. The second kappa shape index (κ2) is 9.53. The predicted octanol–water partition coefficient (Wildman–Crippen LogP) is 2.89. The lowest BCUT2D eigenvalue weighted by molar-refractivity contribution is -0.133. The molecule has 0 aliphatic rings. The highest BCUT2D eigenvalue weighted by Crippen LogP contribution is 2.23. The zero-order chi connectivity index (χ0) is 20.8. The Hall–Kier alpha value is -2.91. The highest BCUT2D eigenvalue weighted by atomic mass is 35.5. The molecule has 0 aliphatic heterocycles. The molecule has 1 amide bonds. The Morgan fingerprint density at radius 1 is 1.28 bits per heavy atom. The van der Waals surface area contributed by atoms with Gasteiger partial charge in [-0.25, -0.2) is 9.78 Å². The molecular formula is C19H19ClN4O4S. The van der Waals surface area contributed by atoms with Gasteiger partial charge < -0.3 is 14.4 Å². The Bertz CT molecular complexity index is 986. The van der Waals surface area contributed by atoms with E-state index in [1.807, 2.05) is 0 Å². The number of nitrogens with zero attached hydrogens (tertiary/aromatic N) is 4. The highest BCUT2D eigenvalue weighted by Gasteiger charge is 2.17. The van der Waals surface area contributed by atoms with Crippen molar-refractivity contribution in [2.45, 2.75) is 0 Å². The van der Waals surface area contributed by atoms with Crippen molar-refractivity contribution in [2.24, 2.45) is 7.05 Å². The smallest absolute Gasteiger partial charge is 0.358 e. The fourth-order valence-electron chi connectivity index (χ4n) is 2.30. The number of hydrogen-bond acceptors (Lipinski definition) is 7. The van der Waals surface area contributed by atoms with Crippen LogP contribution in [0.25, 0.3) is 10.6 Å². The monoisotopic (exact) mass is 434 g/mol. The summed E-state index contributed by atoms with van der Waals surface area (Å²) in [6, 6.07) is 6.95. The van der Waals surface area contributed by atoms with Gasteiger partial charge in [-0.3, -0.25) is 9.48 Å². The maximum Gasteiger partial charge on any atom is 0.358 e. The number of carbonyl (C=O) groups excluding carboxylic acids is 2. The first-order chi connectivity index (χ1) is 13.9. The number of amides is 1. The van der Waals surface area contributed by atoms with Gasteiger partial charge in [-0.1, -0.05) is 11.6 Å². The molecule has 1 aromatic carbocycles. The number of carbonyl (C=O) groups is 2. The lowest BCUT2D eigenvalue weighted by Gasteiger charge is -2.17. The van der Waals surface area contributed by atoms with Crippen LogP contribution in [0.5, 0.6) is 5.75 Å². The molecule has 0 atom stereocenters. The van der Waals surface area contributed by atoms with E-state index in [0.717, 1.165) is 5.56 Å². The Kier molecular flexibility index (Phi) is 6.84. The summed E-state index contributed by atoms with van der Waals surface area (Å²) < 4.78 is 12.3. The molecule has 8 nitrogen and oxygen atoms in total. The van der Waals surface area contributed by atoms with Crippen molar-refractivity contribution in [3.8, 4) is 16.3 Å². The van der Waals surface area contributed by atoms with Gasteiger partial charge in [-0.05, 0) is 24.3 Å². The normalized spacial score (nSPS) is 10.6. The number of benzene rings is 1. The van der Waals surface area contributed by atoms with E-state index in [1.165, 1.54) is 16.2 Å². The van der Waals surface area contributed by atoms with Gasteiger partial charge in [-0.2, -0.15) is 5.10 Å². The first kappa shape index (κ1) is 20.8. The highest BCUT2D eigenvalue weighted by molar-refractivity contribution is 7.13. The zero-order valence-corrected chi connectivity index (χ0v) is 17.4. The fraction of sp³-hybridized carbons (Fsp3) is 0.263. The molecule has 0 fully saturated rings. The maximum atomic E-state index is 12.1. The summed E-state index contributed by atoms with van der Waals surface area (Å²) in [5.74, 6) is -0.314. The summed E-state index contributed by atoms with van der Waals surface area (Å²) in [4.78, 5) is 30.0. The molecule has 0 saturated heterocycles. The molecule has 0 saturated carbocycles. The van der Waals surface area contributed by atoms with E-state index in [0.29, 0.717) is 28.9 Å². The van der Waals surface area contributed by atoms with Gasteiger partial charge >= 0.3 is 5.97 Å². The number of esters is 1. The van der Waals surface area contributed by atoms with Crippen molar-refractivity contribution >= 4 is 34.8 Å². The average Bonchev–Trinajstić information content (AvgIpc) is 3.36. The third kappa shape index (κ3) is 5.78. The summed E-state index contributed by atoms with van der Waals surface area (Å²) in [5, 5.41) is 6.95. The van der Waals surface area contributed by atoms with Crippen LogP contribution in [0.1, 0.15) is 10.5 Å². The van der Waals surface area contributed by atoms with E-state index in [2.05, 4.69) is 10.1 Å². The third-order valence-corrected chi connectivity index (χ3v) is 5.07. The van der Waals surface area contributed by atoms with Crippen LogP contribution >= 0.6 is 22.9 Å². The minimum atomic E-state index is -0.643. The number of aromatic nitrogens is 3. The van der Waals surface area contributed by atoms with Crippen LogP contribution in [0.3, 0.4) is 0 Å². The molecule has 10 heteroatoms. The van der Waals surface area contributed by atoms with Crippen molar-refractivity contribution < 1.29 is 19.1 Å². The molecule has 0 aliphatic carbocycles. The Morgan fingerprint density at radius 2 is 2.03 bits per heavy atom. The van der Waals surface area contributed by atoms with Gasteiger partial charge in [0, 0.05) is 36.3 Å². The first-order valence-electron chi connectivity index (χ1n) is 8.66. The molecule has 0 N–H and O–H groups in total. The largest absolute Gasteiger partial charge is 0.492 e. The molecule has 0 radical (unpaired) electrons. The number of thiazole rings is 1. The van der Waals surface area contributed by atoms with E-state index >= 15 is 0 Å². The van der Waals surface area contributed by atoms with E-state index in [1.54, 1.807) is 60.8 Å². The molecule has 0 bridgehead atoms. The number of ether oxygens (including phenoxy) is 2. The SMILES string of the molecule is CN(CCOc1ccc(Cl)cc1)C(=O)COC(=O)c1csc(-c2cnn(C)c2)n1. The Balaban J connectivity index is 1.42.